The summed E-state index contributed by atoms with van der Waals surface area (Å²) in [6.45, 7) is 5.38. The number of aromatic nitrogens is 1. The van der Waals surface area contributed by atoms with Crippen LogP contribution >= 0.6 is 0 Å². The van der Waals surface area contributed by atoms with Gasteiger partial charge in [0.05, 0.1) is 0 Å². The van der Waals surface area contributed by atoms with E-state index in [1.165, 1.54) is 16.6 Å². The van der Waals surface area contributed by atoms with Crippen molar-refractivity contribution in [1.29, 1.82) is 0 Å². The normalized spacial score (nSPS) is 11.5. The van der Waals surface area contributed by atoms with Gasteiger partial charge in [-0.2, -0.15) is 0 Å². The molecule has 1 N–H and O–H groups in total. The standard InChI is InChI=1S/C13H18N2/c1-10(2)15-12(9-14-3)8-11-6-4-5-7-13(11)15/h4-8,10,14H,9H2,1-3H3. The van der Waals surface area contributed by atoms with Crippen molar-refractivity contribution in [2.24, 2.45) is 0 Å². The monoisotopic (exact) mass is 202 g/mol. The predicted octanol–water partition coefficient (Wildman–Crippen LogP) is 2.94. The Labute approximate surface area is 90.9 Å². The molecule has 0 radical (unpaired) electrons. The first-order valence-corrected chi connectivity index (χ1v) is 5.47. The van der Waals surface area contributed by atoms with Gasteiger partial charge < -0.3 is 9.88 Å². The average Bonchev–Trinajstić information content (AvgIpc) is 2.56. The number of nitrogens with one attached hydrogen (secondary N) is 1. The van der Waals surface area contributed by atoms with E-state index < -0.39 is 0 Å². The van der Waals surface area contributed by atoms with Crippen LogP contribution in [0.15, 0.2) is 30.3 Å². The molecule has 0 saturated heterocycles. The van der Waals surface area contributed by atoms with E-state index in [9.17, 15) is 0 Å². The van der Waals surface area contributed by atoms with Crippen LogP contribution in [-0.4, -0.2) is 11.6 Å². The number of hydrogen-bond donors (Lipinski definition) is 1. The van der Waals surface area contributed by atoms with Gasteiger partial charge in [-0.1, -0.05) is 18.2 Å². The first-order valence-electron chi connectivity index (χ1n) is 5.47. The molecule has 0 aliphatic heterocycles. The Morgan fingerprint density at radius 1 is 1.27 bits per heavy atom. The fraction of sp³-hybridized carbons (Fsp3) is 0.385. The van der Waals surface area contributed by atoms with Crippen LogP contribution in [0.3, 0.4) is 0 Å². The summed E-state index contributed by atoms with van der Waals surface area (Å²) in [7, 11) is 1.99. The molecular weight excluding hydrogens is 184 g/mol. The Hall–Kier alpha value is -1.28. The summed E-state index contributed by atoms with van der Waals surface area (Å²) in [4.78, 5) is 0. The van der Waals surface area contributed by atoms with E-state index in [0.717, 1.165) is 6.54 Å². The van der Waals surface area contributed by atoms with Gasteiger partial charge in [-0.25, -0.2) is 0 Å². The van der Waals surface area contributed by atoms with E-state index in [4.69, 9.17) is 0 Å². The molecule has 0 fully saturated rings. The van der Waals surface area contributed by atoms with Crippen molar-refractivity contribution in [2.75, 3.05) is 7.05 Å². The predicted molar refractivity (Wildman–Crippen MR) is 65.1 cm³/mol. The molecular formula is C13H18N2. The van der Waals surface area contributed by atoms with Crippen LogP contribution in [0.4, 0.5) is 0 Å². The largest absolute Gasteiger partial charge is 0.341 e. The maximum absolute atomic E-state index is 3.22. The second-order valence-electron chi connectivity index (χ2n) is 4.19. The molecule has 2 nitrogen and oxygen atoms in total. The fourth-order valence-corrected chi connectivity index (χ4v) is 2.16. The average molecular weight is 202 g/mol. The zero-order valence-electron chi connectivity index (χ0n) is 9.62. The molecule has 1 aromatic carbocycles. The summed E-state index contributed by atoms with van der Waals surface area (Å²) in [5.74, 6) is 0. The molecule has 0 aliphatic rings. The van der Waals surface area contributed by atoms with Crippen LogP contribution in [0.25, 0.3) is 10.9 Å². The lowest BCUT2D eigenvalue weighted by Gasteiger charge is -2.14. The Morgan fingerprint density at radius 2 is 2.00 bits per heavy atom. The Bertz CT molecular complexity index is 455. The Morgan fingerprint density at radius 3 is 2.67 bits per heavy atom. The highest BCUT2D eigenvalue weighted by Gasteiger charge is 2.09. The number of rotatable bonds is 3. The van der Waals surface area contributed by atoms with E-state index in [1.807, 2.05) is 7.05 Å². The van der Waals surface area contributed by atoms with Crippen LogP contribution in [0.5, 0.6) is 0 Å². The molecule has 2 heteroatoms. The second kappa shape index (κ2) is 4.07. The van der Waals surface area contributed by atoms with Gasteiger partial charge in [-0.05, 0) is 38.4 Å². The Kier molecular flexibility index (Phi) is 2.78. The minimum absolute atomic E-state index is 0.508. The van der Waals surface area contributed by atoms with E-state index in [2.05, 4.69) is 54.1 Å². The zero-order chi connectivity index (χ0) is 10.8. The van der Waals surface area contributed by atoms with Crippen molar-refractivity contribution in [3.8, 4) is 0 Å². The van der Waals surface area contributed by atoms with E-state index in [-0.39, 0.29) is 0 Å². The molecule has 2 aromatic rings. The molecule has 80 valence electrons. The topological polar surface area (TPSA) is 17.0 Å². The molecule has 0 unspecified atom stereocenters. The lowest BCUT2D eigenvalue weighted by molar-refractivity contribution is 0.581. The molecule has 0 bridgehead atoms. The van der Waals surface area contributed by atoms with Crippen molar-refractivity contribution in [2.45, 2.75) is 26.4 Å². The van der Waals surface area contributed by atoms with Gasteiger partial charge in [-0.3, -0.25) is 0 Å². The van der Waals surface area contributed by atoms with Crippen LogP contribution in [0.2, 0.25) is 0 Å². The van der Waals surface area contributed by atoms with Crippen LogP contribution in [0, 0.1) is 0 Å². The van der Waals surface area contributed by atoms with Crippen LogP contribution < -0.4 is 5.32 Å². The van der Waals surface area contributed by atoms with Gasteiger partial charge in [0.1, 0.15) is 0 Å². The lowest BCUT2D eigenvalue weighted by Crippen LogP contribution is -2.12. The molecule has 1 heterocycles. The molecule has 15 heavy (non-hydrogen) atoms. The highest BCUT2D eigenvalue weighted by atomic mass is 15.0. The zero-order valence-corrected chi connectivity index (χ0v) is 9.62. The van der Waals surface area contributed by atoms with Crippen LogP contribution in [0.1, 0.15) is 25.6 Å². The van der Waals surface area contributed by atoms with Gasteiger partial charge >= 0.3 is 0 Å². The molecule has 0 spiro atoms. The minimum atomic E-state index is 0.508. The summed E-state index contributed by atoms with van der Waals surface area (Å²) in [6, 6.07) is 11.3. The molecule has 1 aromatic heterocycles. The smallest absolute Gasteiger partial charge is 0.0485 e. The molecule has 0 atom stereocenters. The third-order valence-corrected chi connectivity index (χ3v) is 2.70. The summed E-state index contributed by atoms with van der Waals surface area (Å²) in [6.07, 6.45) is 0. The van der Waals surface area contributed by atoms with Gasteiger partial charge in [0, 0.05) is 23.8 Å². The molecule has 0 amide bonds. The minimum Gasteiger partial charge on any atom is -0.341 e. The number of fused-ring (bicyclic) bond motifs is 1. The molecule has 2 rings (SSSR count). The molecule has 0 saturated carbocycles. The van der Waals surface area contributed by atoms with E-state index in [1.54, 1.807) is 0 Å². The van der Waals surface area contributed by atoms with Gasteiger partial charge in [-0.15, -0.1) is 0 Å². The summed E-state index contributed by atoms with van der Waals surface area (Å²) < 4.78 is 2.39. The lowest BCUT2D eigenvalue weighted by atomic mass is 10.2. The van der Waals surface area contributed by atoms with E-state index >= 15 is 0 Å². The third kappa shape index (κ3) is 1.77. The fourth-order valence-electron chi connectivity index (χ4n) is 2.16. The number of hydrogen-bond acceptors (Lipinski definition) is 1. The highest BCUT2D eigenvalue weighted by Crippen LogP contribution is 2.23. The maximum Gasteiger partial charge on any atom is 0.0485 e. The van der Waals surface area contributed by atoms with Gasteiger partial charge in [0.25, 0.3) is 0 Å². The summed E-state index contributed by atoms with van der Waals surface area (Å²) in [5.41, 5.74) is 2.69. The number of para-hydroxylation sites is 1. The van der Waals surface area contributed by atoms with E-state index in [0.29, 0.717) is 6.04 Å². The Balaban J connectivity index is 2.63. The summed E-state index contributed by atoms with van der Waals surface area (Å²) in [5, 5.41) is 4.55. The first-order chi connectivity index (χ1) is 7.24. The molecule has 0 aliphatic carbocycles. The second-order valence-corrected chi connectivity index (χ2v) is 4.19. The first kappa shape index (κ1) is 10.2. The number of nitrogens with zero attached hydrogens (tertiary/aromatic N) is 1. The van der Waals surface area contributed by atoms with Crippen molar-refractivity contribution in [3.63, 3.8) is 0 Å². The van der Waals surface area contributed by atoms with Crippen molar-refractivity contribution < 1.29 is 0 Å². The van der Waals surface area contributed by atoms with Gasteiger partial charge in [0.2, 0.25) is 0 Å². The van der Waals surface area contributed by atoms with Crippen molar-refractivity contribution in [3.05, 3.63) is 36.0 Å². The third-order valence-electron chi connectivity index (χ3n) is 2.70. The van der Waals surface area contributed by atoms with Crippen LogP contribution in [-0.2, 0) is 6.54 Å². The quantitative estimate of drug-likeness (QED) is 0.809. The highest BCUT2D eigenvalue weighted by molar-refractivity contribution is 5.81. The SMILES string of the molecule is CNCc1cc2ccccc2n1C(C)C. The maximum atomic E-state index is 3.22. The number of benzene rings is 1. The summed E-state index contributed by atoms with van der Waals surface area (Å²) >= 11 is 0. The van der Waals surface area contributed by atoms with Gasteiger partial charge in [0.15, 0.2) is 0 Å². The van der Waals surface area contributed by atoms with Crippen molar-refractivity contribution >= 4 is 10.9 Å². The van der Waals surface area contributed by atoms with Crippen molar-refractivity contribution in [1.82, 2.24) is 9.88 Å².